The minimum atomic E-state index is 0.615. The highest BCUT2D eigenvalue weighted by atomic mass is 32.1. The molecule has 2 heterocycles. The van der Waals surface area contributed by atoms with Crippen molar-refractivity contribution in [2.45, 2.75) is 26.5 Å². The highest BCUT2D eigenvalue weighted by molar-refractivity contribution is 7.11. The molecule has 0 amide bonds. The van der Waals surface area contributed by atoms with Crippen LogP contribution >= 0.6 is 11.3 Å². The van der Waals surface area contributed by atoms with Crippen LogP contribution in [0.5, 0.6) is 5.75 Å². The second kappa shape index (κ2) is 7.13. The fourth-order valence-electron chi connectivity index (χ4n) is 1.57. The zero-order valence-corrected chi connectivity index (χ0v) is 11.4. The predicted octanol–water partition coefficient (Wildman–Crippen LogP) is 3.22. The molecule has 0 fully saturated rings. The molecule has 2 aromatic rings. The molecule has 1 N–H and O–H groups in total. The number of ether oxygens (including phenoxy) is 1. The standard InChI is InChI=1S/C14H18N2OS/c1-2-7-15-10-13-5-6-14(18-13)11-17-12-4-3-8-16-9-12/h3-6,8-9,15H,2,7,10-11H2,1H3. The van der Waals surface area contributed by atoms with Crippen LogP contribution in [0.3, 0.4) is 0 Å². The van der Waals surface area contributed by atoms with Gasteiger partial charge in [0.2, 0.25) is 0 Å². The van der Waals surface area contributed by atoms with Gasteiger partial charge in [0.1, 0.15) is 12.4 Å². The highest BCUT2D eigenvalue weighted by Gasteiger charge is 2.01. The largest absolute Gasteiger partial charge is 0.486 e. The predicted molar refractivity (Wildman–Crippen MR) is 74.9 cm³/mol. The van der Waals surface area contributed by atoms with E-state index in [1.165, 1.54) is 16.2 Å². The van der Waals surface area contributed by atoms with E-state index in [1.54, 1.807) is 23.7 Å². The van der Waals surface area contributed by atoms with Gasteiger partial charge in [0.15, 0.2) is 0 Å². The second-order valence-electron chi connectivity index (χ2n) is 4.02. The van der Waals surface area contributed by atoms with E-state index in [4.69, 9.17) is 4.74 Å². The molecule has 0 radical (unpaired) electrons. The van der Waals surface area contributed by atoms with Crippen LogP contribution < -0.4 is 10.1 Å². The minimum Gasteiger partial charge on any atom is -0.486 e. The first-order valence-electron chi connectivity index (χ1n) is 6.19. The summed E-state index contributed by atoms with van der Waals surface area (Å²) < 4.78 is 5.66. The Kier molecular flexibility index (Phi) is 5.17. The van der Waals surface area contributed by atoms with Gasteiger partial charge in [-0.2, -0.15) is 0 Å². The van der Waals surface area contributed by atoms with Gasteiger partial charge in [-0.25, -0.2) is 0 Å². The van der Waals surface area contributed by atoms with Crippen molar-refractivity contribution >= 4 is 11.3 Å². The molecule has 18 heavy (non-hydrogen) atoms. The van der Waals surface area contributed by atoms with E-state index < -0.39 is 0 Å². The summed E-state index contributed by atoms with van der Waals surface area (Å²) in [7, 11) is 0. The van der Waals surface area contributed by atoms with E-state index in [-0.39, 0.29) is 0 Å². The van der Waals surface area contributed by atoms with E-state index in [9.17, 15) is 0 Å². The van der Waals surface area contributed by atoms with E-state index >= 15 is 0 Å². The third kappa shape index (κ3) is 4.13. The van der Waals surface area contributed by atoms with Gasteiger partial charge in [0.05, 0.1) is 6.20 Å². The molecule has 4 heteroatoms. The van der Waals surface area contributed by atoms with Crippen LogP contribution in [0.15, 0.2) is 36.7 Å². The first-order valence-corrected chi connectivity index (χ1v) is 7.01. The van der Waals surface area contributed by atoms with E-state index in [0.717, 1.165) is 18.8 Å². The number of aromatic nitrogens is 1. The summed E-state index contributed by atoms with van der Waals surface area (Å²) in [4.78, 5) is 6.62. The number of hydrogen-bond donors (Lipinski definition) is 1. The van der Waals surface area contributed by atoms with Crippen LogP contribution in [0.25, 0.3) is 0 Å². The Morgan fingerprint density at radius 2 is 2.17 bits per heavy atom. The van der Waals surface area contributed by atoms with E-state index in [2.05, 4.69) is 29.4 Å². The van der Waals surface area contributed by atoms with Crippen LogP contribution in [0.1, 0.15) is 23.1 Å². The summed E-state index contributed by atoms with van der Waals surface area (Å²) in [6.45, 7) is 4.81. The molecule has 0 aromatic carbocycles. The molecule has 0 aliphatic heterocycles. The fourth-order valence-corrected chi connectivity index (χ4v) is 2.47. The molecule has 0 spiro atoms. The SMILES string of the molecule is CCCNCc1ccc(COc2cccnc2)s1. The molecule has 2 rings (SSSR count). The highest BCUT2D eigenvalue weighted by Crippen LogP contribution is 2.18. The molecule has 0 atom stereocenters. The lowest BCUT2D eigenvalue weighted by Gasteiger charge is -2.03. The lowest BCUT2D eigenvalue weighted by molar-refractivity contribution is 0.308. The first kappa shape index (κ1) is 13.1. The van der Waals surface area contributed by atoms with Gasteiger partial charge in [0.25, 0.3) is 0 Å². The molecule has 0 aliphatic rings. The Morgan fingerprint density at radius 1 is 1.28 bits per heavy atom. The van der Waals surface area contributed by atoms with Gasteiger partial charge >= 0.3 is 0 Å². The van der Waals surface area contributed by atoms with Gasteiger partial charge in [0, 0.05) is 22.5 Å². The number of thiophene rings is 1. The molecule has 0 saturated carbocycles. The number of nitrogens with one attached hydrogen (secondary N) is 1. The molecule has 96 valence electrons. The topological polar surface area (TPSA) is 34.1 Å². The van der Waals surface area contributed by atoms with Crippen molar-refractivity contribution in [2.24, 2.45) is 0 Å². The van der Waals surface area contributed by atoms with E-state index in [0.29, 0.717) is 6.61 Å². The Hall–Kier alpha value is -1.39. The molecular formula is C14H18N2OS. The van der Waals surface area contributed by atoms with Crippen LogP contribution in [0.4, 0.5) is 0 Å². The number of nitrogens with zero attached hydrogens (tertiary/aromatic N) is 1. The summed E-state index contributed by atoms with van der Waals surface area (Å²) in [5.41, 5.74) is 0. The Labute approximate surface area is 112 Å². The minimum absolute atomic E-state index is 0.615. The van der Waals surface area contributed by atoms with Crippen molar-refractivity contribution < 1.29 is 4.74 Å². The van der Waals surface area contributed by atoms with Crippen molar-refractivity contribution in [2.75, 3.05) is 6.54 Å². The molecule has 0 aliphatic carbocycles. The van der Waals surface area contributed by atoms with Crippen molar-refractivity contribution in [3.63, 3.8) is 0 Å². The van der Waals surface area contributed by atoms with Crippen molar-refractivity contribution in [3.05, 3.63) is 46.4 Å². The molecular weight excluding hydrogens is 244 g/mol. The quantitative estimate of drug-likeness (QED) is 0.778. The molecule has 3 nitrogen and oxygen atoms in total. The van der Waals surface area contributed by atoms with Crippen LogP contribution in [0, 0.1) is 0 Å². The first-order chi connectivity index (χ1) is 8.88. The normalized spacial score (nSPS) is 10.5. The lowest BCUT2D eigenvalue weighted by Crippen LogP contribution is -2.12. The van der Waals surface area contributed by atoms with Gasteiger partial charge in [-0.15, -0.1) is 11.3 Å². The smallest absolute Gasteiger partial charge is 0.138 e. The van der Waals surface area contributed by atoms with Gasteiger partial charge in [-0.1, -0.05) is 6.92 Å². The second-order valence-corrected chi connectivity index (χ2v) is 5.28. The molecule has 0 unspecified atom stereocenters. The van der Waals surface area contributed by atoms with Crippen LogP contribution in [-0.4, -0.2) is 11.5 Å². The maximum Gasteiger partial charge on any atom is 0.138 e. The molecule has 0 bridgehead atoms. The summed E-state index contributed by atoms with van der Waals surface area (Å²) in [5, 5.41) is 3.40. The Morgan fingerprint density at radius 3 is 2.94 bits per heavy atom. The number of rotatable bonds is 7. The van der Waals surface area contributed by atoms with Crippen LogP contribution in [-0.2, 0) is 13.2 Å². The Bertz CT molecular complexity index is 456. The lowest BCUT2D eigenvalue weighted by atomic mass is 10.4. The van der Waals surface area contributed by atoms with Gasteiger partial charge in [-0.05, 0) is 37.2 Å². The Balaban J connectivity index is 1.80. The third-order valence-electron chi connectivity index (χ3n) is 2.46. The van der Waals surface area contributed by atoms with Crippen molar-refractivity contribution in [3.8, 4) is 5.75 Å². The van der Waals surface area contributed by atoms with E-state index in [1.807, 2.05) is 12.1 Å². The molecule has 0 saturated heterocycles. The number of pyridine rings is 1. The maximum atomic E-state index is 5.66. The third-order valence-corrected chi connectivity index (χ3v) is 3.52. The summed E-state index contributed by atoms with van der Waals surface area (Å²) in [5.74, 6) is 0.816. The zero-order valence-electron chi connectivity index (χ0n) is 10.6. The zero-order chi connectivity index (χ0) is 12.6. The summed E-state index contributed by atoms with van der Waals surface area (Å²) >= 11 is 1.79. The van der Waals surface area contributed by atoms with Crippen LogP contribution in [0.2, 0.25) is 0 Å². The number of hydrogen-bond acceptors (Lipinski definition) is 4. The van der Waals surface area contributed by atoms with Crippen molar-refractivity contribution in [1.82, 2.24) is 10.3 Å². The average Bonchev–Trinajstić information content (AvgIpc) is 2.86. The summed E-state index contributed by atoms with van der Waals surface area (Å²) in [6.07, 6.45) is 4.65. The van der Waals surface area contributed by atoms with Crippen molar-refractivity contribution in [1.29, 1.82) is 0 Å². The summed E-state index contributed by atoms with van der Waals surface area (Å²) in [6, 6.07) is 8.09. The average molecular weight is 262 g/mol. The molecule has 2 aromatic heterocycles. The monoisotopic (exact) mass is 262 g/mol. The van der Waals surface area contributed by atoms with Gasteiger partial charge < -0.3 is 10.1 Å². The fraction of sp³-hybridized carbons (Fsp3) is 0.357. The maximum absolute atomic E-state index is 5.66. The van der Waals surface area contributed by atoms with Gasteiger partial charge in [-0.3, -0.25) is 4.98 Å².